The number of nitrogens with zero attached hydrogens (tertiary/aromatic N) is 1. The van der Waals surface area contributed by atoms with Gasteiger partial charge < -0.3 is 15.4 Å². The zero-order valence-electron chi connectivity index (χ0n) is 16.8. The van der Waals surface area contributed by atoms with Crippen molar-refractivity contribution in [1.82, 2.24) is 10.3 Å². The summed E-state index contributed by atoms with van der Waals surface area (Å²) in [5, 5.41) is 7.81. The van der Waals surface area contributed by atoms with E-state index in [2.05, 4.69) is 58.4 Å². The minimum atomic E-state index is 0.268. The molecule has 2 aromatic rings. The molecule has 152 valence electrons. The molecule has 6 heteroatoms. The molecule has 3 rings (SSSR count). The lowest BCUT2D eigenvalue weighted by atomic mass is 9.94. The summed E-state index contributed by atoms with van der Waals surface area (Å²) in [7, 11) is 0. The first-order valence-corrected chi connectivity index (χ1v) is 11.1. The second-order valence-electron chi connectivity index (χ2n) is 7.79. The zero-order chi connectivity index (χ0) is 20.1. The highest BCUT2D eigenvalue weighted by molar-refractivity contribution is 9.10. The second kappa shape index (κ2) is 10.1. The van der Waals surface area contributed by atoms with E-state index < -0.39 is 0 Å². The van der Waals surface area contributed by atoms with E-state index in [9.17, 15) is 0 Å². The number of aromatic nitrogens is 1. The van der Waals surface area contributed by atoms with Crippen molar-refractivity contribution in [2.75, 3.05) is 25.1 Å². The number of nitrogens with one attached hydrogen (secondary N) is 2. The van der Waals surface area contributed by atoms with Crippen molar-refractivity contribution in [2.45, 2.75) is 45.6 Å². The molecule has 2 heterocycles. The van der Waals surface area contributed by atoms with Gasteiger partial charge in [-0.3, -0.25) is 0 Å². The van der Waals surface area contributed by atoms with E-state index in [1.165, 1.54) is 11.1 Å². The van der Waals surface area contributed by atoms with Gasteiger partial charge in [-0.25, -0.2) is 4.98 Å². The number of ether oxygens (including phenoxy) is 1. The lowest BCUT2D eigenvalue weighted by Gasteiger charge is -2.26. The number of pyridine rings is 1. The first-order chi connectivity index (χ1) is 13.4. The molecule has 28 heavy (non-hydrogen) atoms. The van der Waals surface area contributed by atoms with Crippen molar-refractivity contribution in [1.29, 1.82) is 0 Å². The molecular formula is C22H29BrClN3O. The first-order valence-electron chi connectivity index (χ1n) is 9.97. The highest BCUT2D eigenvalue weighted by Gasteiger charge is 2.18. The summed E-state index contributed by atoms with van der Waals surface area (Å²) in [5.74, 6) is 1.96. The van der Waals surface area contributed by atoms with Crippen molar-refractivity contribution in [3.63, 3.8) is 0 Å². The Kier molecular flexibility index (Phi) is 7.75. The Balaban J connectivity index is 1.72. The van der Waals surface area contributed by atoms with Crippen LogP contribution in [0, 0.1) is 5.92 Å². The molecule has 4 nitrogen and oxygen atoms in total. The molecule has 2 N–H and O–H groups in total. The highest BCUT2D eigenvalue weighted by atomic mass is 79.9. The Labute approximate surface area is 181 Å². The van der Waals surface area contributed by atoms with Crippen LogP contribution >= 0.6 is 27.5 Å². The van der Waals surface area contributed by atoms with Crippen LogP contribution in [0.5, 0.6) is 0 Å². The number of anilines is 2. The Morgan fingerprint density at radius 3 is 2.61 bits per heavy atom. The molecule has 1 aliphatic heterocycles. The van der Waals surface area contributed by atoms with Crippen LogP contribution in [0.4, 0.5) is 11.5 Å². The molecule has 0 bridgehead atoms. The fourth-order valence-electron chi connectivity index (χ4n) is 3.54. The summed E-state index contributed by atoms with van der Waals surface area (Å²) in [6.07, 6.45) is 4.30. The third-order valence-electron chi connectivity index (χ3n) is 5.30. The summed E-state index contributed by atoms with van der Waals surface area (Å²) in [6.45, 7) is 9.49. The van der Waals surface area contributed by atoms with E-state index in [0.29, 0.717) is 16.9 Å². The molecule has 1 atom stereocenters. The second-order valence-corrected chi connectivity index (χ2v) is 9.08. The molecule has 1 aromatic heterocycles. The Hall–Kier alpha value is -1.14. The van der Waals surface area contributed by atoms with Crippen molar-refractivity contribution < 1.29 is 4.74 Å². The summed E-state index contributed by atoms with van der Waals surface area (Å²) in [5.41, 5.74) is 3.53. The number of hydrogen-bond acceptors (Lipinski definition) is 4. The van der Waals surface area contributed by atoms with E-state index in [1.807, 2.05) is 24.4 Å². The third kappa shape index (κ3) is 5.69. The maximum Gasteiger partial charge on any atom is 0.130 e. The normalized spacial score (nSPS) is 16.4. The van der Waals surface area contributed by atoms with Gasteiger partial charge in [-0.1, -0.05) is 25.4 Å². The quantitative estimate of drug-likeness (QED) is 0.493. The van der Waals surface area contributed by atoms with Crippen molar-refractivity contribution in [3.05, 3.63) is 51.1 Å². The summed E-state index contributed by atoms with van der Waals surface area (Å²) < 4.78 is 6.38. The maximum atomic E-state index is 6.04. The van der Waals surface area contributed by atoms with Gasteiger partial charge in [0, 0.05) is 34.9 Å². The van der Waals surface area contributed by atoms with Crippen LogP contribution < -0.4 is 10.6 Å². The Bertz CT molecular complexity index is 793. The molecule has 0 spiro atoms. The van der Waals surface area contributed by atoms with Crippen LogP contribution in [0.2, 0.25) is 5.02 Å². The van der Waals surface area contributed by atoms with E-state index in [1.54, 1.807) is 0 Å². The standard InChI is InChI=1S/C22H29BrClN3O/c1-14(2)18-11-22(27-21-5-4-17(24)10-20(21)23)26-13-19(18)15(3)25-12-16-6-8-28-9-7-16/h4-5,10-11,13-16,25H,6-9,12H2,1-3H3,(H,26,27). The van der Waals surface area contributed by atoms with Gasteiger partial charge >= 0.3 is 0 Å². The van der Waals surface area contributed by atoms with Gasteiger partial charge in [0.1, 0.15) is 5.82 Å². The Morgan fingerprint density at radius 2 is 1.93 bits per heavy atom. The van der Waals surface area contributed by atoms with Crippen molar-refractivity contribution >= 4 is 39.0 Å². The van der Waals surface area contributed by atoms with Gasteiger partial charge in [-0.2, -0.15) is 0 Å². The monoisotopic (exact) mass is 465 g/mol. The molecule has 0 radical (unpaired) electrons. The van der Waals surface area contributed by atoms with Crippen LogP contribution in [-0.4, -0.2) is 24.7 Å². The van der Waals surface area contributed by atoms with Gasteiger partial charge in [0.25, 0.3) is 0 Å². The van der Waals surface area contributed by atoms with Crippen LogP contribution in [-0.2, 0) is 4.74 Å². The average molecular weight is 467 g/mol. The fourth-order valence-corrected chi connectivity index (χ4v) is 4.33. The molecular weight excluding hydrogens is 438 g/mol. The van der Waals surface area contributed by atoms with Gasteiger partial charge in [0.05, 0.1) is 5.69 Å². The summed E-state index contributed by atoms with van der Waals surface area (Å²) in [4.78, 5) is 4.67. The van der Waals surface area contributed by atoms with Crippen molar-refractivity contribution in [2.24, 2.45) is 5.92 Å². The topological polar surface area (TPSA) is 46.2 Å². The van der Waals surface area contributed by atoms with Gasteiger partial charge in [-0.15, -0.1) is 0 Å². The summed E-state index contributed by atoms with van der Waals surface area (Å²) in [6, 6.07) is 8.13. The van der Waals surface area contributed by atoms with E-state index >= 15 is 0 Å². The Morgan fingerprint density at radius 1 is 1.18 bits per heavy atom. The van der Waals surface area contributed by atoms with Gasteiger partial charge in [0.15, 0.2) is 0 Å². The summed E-state index contributed by atoms with van der Waals surface area (Å²) >= 11 is 9.60. The number of rotatable bonds is 7. The SMILES string of the molecule is CC(C)c1cc(Nc2ccc(Cl)cc2Br)ncc1C(C)NCC1CCOCC1. The molecule has 1 saturated heterocycles. The predicted octanol–water partition coefficient (Wildman–Crippen LogP) is 6.44. The maximum absolute atomic E-state index is 6.04. The van der Waals surface area contributed by atoms with Gasteiger partial charge in [0.2, 0.25) is 0 Å². The van der Waals surface area contributed by atoms with Gasteiger partial charge in [-0.05, 0) is 89.5 Å². The lowest BCUT2D eigenvalue weighted by Crippen LogP contribution is -2.30. The smallest absolute Gasteiger partial charge is 0.130 e. The molecule has 1 aromatic carbocycles. The number of halogens is 2. The fraction of sp³-hybridized carbons (Fsp3) is 0.500. The average Bonchev–Trinajstić information content (AvgIpc) is 2.69. The largest absolute Gasteiger partial charge is 0.381 e. The number of hydrogen-bond donors (Lipinski definition) is 2. The predicted molar refractivity (Wildman–Crippen MR) is 121 cm³/mol. The van der Waals surface area contributed by atoms with Crippen LogP contribution in [0.1, 0.15) is 56.7 Å². The molecule has 0 saturated carbocycles. The molecule has 0 amide bonds. The molecule has 1 aliphatic rings. The first kappa shape index (κ1) is 21.6. The lowest BCUT2D eigenvalue weighted by molar-refractivity contribution is 0.0656. The molecule has 0 aliphatic carbocycles. The highest BCUT2D eigenvalue weighted by Crippen LogP contribution is 2.31. The van der Waals surface area contributed by atoms with Crippen LogP contribution in [0.15, 0.2) is 34.9 Å². The van der Waals surface area contributed by atoms with Crippen LogP contribution in [0.25, 0.3) is 0 Å². The minimum absolute atomic E-state index is 0.268. The van der Waals surface area contributed by atoms with E-state index in [-0.39, 0.29) is 6.04 Å². The van der Waals surface area contributed by atoms with E-state index in [4.69, 9.17) is 16.3 Å². The number of benzene rings is 1. The minimum Gasteiger partial charge on any atom is -0.381 e. The third-order valence-corrected chi connectivity index (χ3v) is 6.20. The van der Waals surface area contributed by atoms with Crippen molar-refractivity contribution in [3.8, 4) is 0 Å². The zero-order valence-corrected chi connectivity index (χ0v) is 19.1. The van der Waals surface area contributed by atoms with E-state index in [0.717, 1.165) is 48.6 Å². The molecule has 1 unspecified atom stereocenters. The van der Waals surface area contributed by atoms with Crippen LogP contribution in [0.3, 0.4) is 0 Å². The molecule has 1 fully saturated rings.